The number of para-hydroxylation sites is 1. The molecule has 3 aliphatic rings. The number of hydrogen-bond acceptors (Lipinski definition) is 4. The summed E-state index contributed by atoms with van der Waals surface area (Å²) in [6, 6.07) is 13.1. The number of fused-ring (bicyclic) bond motifs is 3. The van der Waals surface area contributed by atoms with Crippen LogP contribution >= 0.6 is 0 Å². The lowest BCUT2D eigenvalue weighted by atomic mass is 9.71. The van der Waals surface area contributed by atoms with Crippen LogP contribution in [0.1, 0.15) is 36.4 Å². The summed E-state index contributed by atoms with van der Waals surface area (Å²) in [5, 5.41) is 10.1. The Bertz CT molecular complexity index is 928. The van der Waals surface area contributed by atoms with E-state index in [9.17, 15) is 14.7 Å². The lowest BCUT2D eigenvalue weighted by molar-refractivity contribution is -0.150. The number of aromatic nitrogens is 1. The molecular formula is C23H25N3O3. The Morgan fingerprint density at radius 3 is 2.59 bits per heavy atom. The molecule has 2 amide bonds. The summed E-state index contributed by atoms with van der Waals surface area (Å²) in [7, 11) is 0. The van der Waals surface area contributed by atoms with Crippen molar-refractivity contribution in [1.29, 1.82) is 0 Å². The molecule has 1 saturated carbocycles. The van der Waals surface area contributed by atoms with Crippen LogP contribution in [-0.2, 0) is 16.0 Å². The summed E-state index contributed by atoms with van der Waals surface area (Å²) in [5.41, 5.74) is 2.73. The Morgan fingerprint density at radius 1 is 1.10 bits per heavy atom. The van der Waals surface area contributed by atoms with Crippen molar-refractivity contribution < 1.29 is 14.7 Å². The highest BCUT2D eigenvalue weighted by Crippen LogP contribution is 2.49. The van der Waals surface area contributed by atoms with E-state index in [-0.39, 0.29) is 48.8 Å². The largest absolute Gasteiger partial charge is 0.394 e. The average Bonchev–Trinajstić information content (AvgIpc) is 2.67. The van der Waals surface area contributed by atoms with Crippen LogP contribution < -0.4 is 4.90 Å². The zero-order valence-electron chi connectivity index (χ0n) is 16.3. The minimum Gasteiger partial charge on any atom is -0.394 e. The summed E-state index contributed by atoms with van der Waals surface area (Å²) in [4.78, 5) is 34.1. The summed E-state index contributed by atoms with van der Waals surface area (Å²) in [6.07, 6.45) is 4.90. The molecule has 0 spiro atoms. The summed E-state index contributed by atoms with van der Waals surface area (Å²) < 4.78 is 0. The van der Waals surface area contributed by atoms with E-state index in [0.717, 1.165) is 36.2 Å². The third kappa shape index (κ3) is 2.94. The molecule has 29 heavy (non-hydrogen) atoms. The molecule has 0 radical (unpaired) electrons. The minimum atomic E-state index is -0.252. The van der Waals surface area contributed by atoms with Crippen molar-refractivity contribution in [1.82, 2.24) is 9.88 Å². The van der Waals surface area contributed by atoms with E-state index in [1.54, 1.807) is 11.1 Å². The van der Waals surface area contributed by atoms with Crippen LogP contribution in [-0.4, -0.2) is 52.0 Å². The smallest absolute Gasteiger partial charge is 0.230 e. The molecule has 5 rings (SSSR count). The van der Waals surface area contributed by atoms with E-state index in [4.69, 9.17) is 0 Å². The molecule has 2 aromatic rings. The number of nitrogens with zero attached hydrogens (tertiary/aromatic N) is 3. The molecule has 1 saturated heterocycles. The topological polar surface area (TPSA) is 73.7 Å². The number of pyridine rings is 1. The number of anilines is 1. The maximum atomic E-state index is 13.1. The number of amides is 2. The van der Waals surface area contributed by atoms with Gasteiger partial charge in [0.15, 0.2) is 0 Å². The van der Waals surface area contributed by atoms with Crippen molar-refractivity contribution in [2.45, 2.75) is 43.7 Å². The zero-order chi connectivity index (χ0) is 20.0. The van der Waals surface area contributed by atoms with Gasteiger partial charge in [0.2, 0.25) is 11.8 Å². The minimum absolute atomic E-state index is 0.0422. The number of hydrogen-bond donors (Lipinski definition) is 1. The number of aliphatic hydroxyl groups excluding tert-OH is 1. The fraction of sp³-hybridized carbons (Fsp3) is 0.435. The van der Waals surface area contributed by atoms with Crippen LogP contribution in [0, 0.1) is 5.92 Å². The maximum Gasteiger partial charge on any atom is 0.230 e. The van der Waals surface area contributed by atoms with Gasteiger partial charge in [0, 0.05) is 36.0 Å². The maximum absolute atomic E-state index is 13.1. The highest BCUT2D eigenvalue weighted by Gasteiger charge is 2.55. The van der Waals surface area contributed by atoms with Gasteiger partial charge in [-0.1, -0.05) is 30.7 Å². The van der Waals surface area contributed by atoms with E-state index in [1.165, 1.54) is 0 Å². The number of carbonyl (C=O) groups excluding carboxylic acids is 2. The number of likely N-dealkylation sites (tertiary alicyclic amines) is 1. The van der Waals surface area contributed by atoms with Gasteiger partial charge in [-0.25, -0.2) is 0 Å². The van der Waals surface area contributed by atoms with E-state index in [0.29, 0.717) is 6.54 Å². The molecule has 2 fully saturated rings. The van der Waals surface area contributed by atoms with Gasteiger partial charge in [-0.15, -0.1) is 0 Å². The van der Waals surface area contributed by atoms with Gasteiger partial charge in [-0.05, 0) is 36.6 Å². The standard InChI is InChI=1S/C23H25N3O3/c27-14-20-22-17-9-1-2-10-18(17)25(23(29)15-6-5-7-15)13-19(22)26(20)21(28)12-16-8-3-4-11-24-16/h1-4,8-11,15,19-20,22,27H,5-7,12-14H2/t19-,20-,22+/m1/s1. The molecule has 1 aromatic carbocycles. The molecule has 6 heteroatoms. The second kappa shape index (κ2) is 7.26. The van der Waals surface area contributed by atoms with Crippen molar-refractivity contribution in [2.75, 3.05) is 18.1 Å². The molecule has 1 aromatic heterocycles. The Morgan fingerprint density at radius 2 is 1.90 bits per heavy atom. The van der Waals surface area contributed by atoms with E-state index in [1.807, 2.05) is 47.4 Å². The third-order valence-corrected chi connectivity index (χ3v) is 6.75. The quantitative estimate of drug-likeness (QED) is 0.867. The summed E-state index contributed by atoms with van der Waals surface area (Å²) in [5.74, 6) is 0.298. The second-order valence-electron chi connectivity index (χ2n) is 8.28. The van der Waals surface area contributed by atoms with Gasteiger partial charge in [0.25, 0.3) is 0 Å². The highest BCUT2D eigenvalue weighted by atomic mass is 16.3. The predicted octanol–water partition coefficient (Wildman–Crippen LogP) is 2.13. The van der Waals surface area contributed by atoms with Gasteiger partial charge >= 0.3 is 0 Å². The van der Waals surface area contributed by atoms with Gasteiger partial charge in [-0.3, -0.25) is 14.6 Å². The molecule has 3 heterocycles. The summed E-state index contributed by atoms with van der Waals surface area (Å²) >= 11 is 0. The van der Waals surface area contributed by atoms with Crippen molar-refractivity contribution in [3.63, 3.8) is 0 Å². The van der Waals surface area contributed by atoms with E-state index in [2.05, 4.69) is 4.98 Å². The van der Waals surface area contributed by atoms with Crippen molar-refractivity contribution in [3.8, 4) is 0 Å². The molecule has 0 bridgehead atoms. The van der Waals surface area contributed by atoms with Crippen LogP contribution in [0.2, 0.25) is 0 Å². The number of carbonyl (C=O) groups is 2. The first kappa shape index (κ1) is 18.3. The van der Waals surface area contributed by atoms with Crippen LogP contribution in [0.15, 0.2) is 48.7 Å². The predicted molar refractivity (Wildman–Crippen MR) is 108 cm³/mol. The average molecular weight is 391 g/mol. The lowest BCUT2D eigenvalue weighted by Crippen LogP contribution is -2.71. The fourth-order valence-electron chi connectivity index (χ4n) is 5.07. The van der Waals surface area contributed by atoms with Crippen molar-refractivity contribution in [3.05, 3.63) is 59.9 Å². The van der Waals surface area contributed by atoms with Crippen LogP contribution in [0.3, 0.4) is 0 Å². The first-order valence-corrected chi connectivity index (χ1v) is 10.4. The zero-order valence-corrected chi connectivity index (χ0v) is 16.3. The molecule has 150 valence electrons. The molecule has 3 atom stereocenters. The normalized spacial score (nSPS) is 25.5. The van der Waals surface area contributed by atoms with Gasteiger partial charge in [-0.2, -0.15) is 0 Å². The molecule has 2 aliphatic heterocycles. The van der Waals surface area contributed by atoms with Gasteiger partial charge < -0.3 is 14.9 Å². The molecule has 6 nitrogen and oxygen atoms in total. The first-order valence-electron chi connectivity index (χ1n) is 10.4. The monoisotopic (exact) mass is 391 g/mol. The van der Waals surface area contributed by atoms with Gasteiger partial charge in [0.05, 0.1) is 25.1 Å². The van der Waals surface area contributed by atoms with E-state index >= 15 is 0 Å². The number of rotatable bonds is 4. The molecule has 1 aliphatic carbocycles. The molecule has 1 N–H and O–H groups in total. The first-order chi connectivity index (χ1) is 14.2. The van der Waals surface area contributed by atoms with Crippen LogP contribution in [0.5, 0.6) is 0 Å². The third-order valence-electron chi connectivity index (χ3n) is 6.75. The Labute approximate surface area is 170 Å². The SMILES string of the molecule is O=C(C1CCC1)N1C[C@@H]2[C@H](c3ccccc31)[C@@H](CO)N2C(=O)Cc1ccccn1. The highest BCUT2D eigenvalue weighted by molar-refractivity contribution is 5.97. The molecule has 0 unspecified atom stereocenters. The van der Waals surface area contributed by atoms with Crippen molar-refractivity contribution in [2.24, 2.45) is 5.92 Å². The van der Waals surface area contributed by atoms with Crippen LogP contribution in [0.4, 0.5) is 5.69 Å². The van der Waals surface area contributed by atoms with Gasteiger partial charge in [0.1, 0.15) is 0 Å². The van der Waals surface area contributed by atoms with Crippen molar-refractivity contribution >= 4 is 17.5 Å². The second-order valence-corrected chi connectivity index (χ2v) is 8.28. The number of benzene rings is 1. The Kier molecular flexibility index (Phi) is 4.59. The van der Waals surface area contributed by atoms with Crippen LogP contribution in [0.25, 0.3) is 0 Å². The summed E-state index contributed by atoms with van der Waals surface area (Å²) in [6.45, 7) is 0.418. The fourth-order valence-corrected chi connectivity index (χ4v) is 5.07. The molecular weight excluding hydrogens is 366 g/mol. The van der Waals surface area contributed by atoms with E-state index < -0.39 is 0 Å². The lowest BCUT2D eigenvalue weighted by Gasteiger charge is -2.59. The number of aliphatic hydroxyl groups is 1. The Hall–Kier alpha value is -2.73. The Balaban J connectivity index is 1.44.